The molecule has 1 heterocycles. The number of benzene rings is 2. The van der Waals surface area contributed by atoms with E-state index in [0.29, 0.717) is 36.7 Å². The summed E-state index contributed by atoms with van der Waals surface area (Å²) in [6.45, 7) is 1.95. The van der Waals surface area contributed by atoms with Crippen molar-refractivity contribution in [3.8, 4) is 0 Å². The molecule has 0 N–H and O–H groups in total. The third-order valence-electron chi connectivity index (χ3n) is 4.14. The predicted octanol–water partition coefficient (Wildman–Crippen LogP) is 4.29. The summed E-state index contributed by atoms with van der Waals surface area (Å²) < 4.78 is 79.4. The Labute approximate surface area is 142 Å². The molecule has 0 amide bonds. The third kappa shape index (κ3) is 3.22. The number of anilines is 1. The monoisotopic (exact) mass is 373 g/mol. The van der Waals surface area contributed by atoms with Gasteiger partial charge >= 0.3 is 6.18 Å². The molecule has 134 valence electrons. The van der Waals surface area contributed by atoms with E-state index in [1.54, 1.807) is 12.1 Å². The zero-order valence-corrected chi connectivity index (χ0v) is 14.1. The largest absolute Gasteiger partial charge is 0.416 e. The minimum Gasteiger partial charge on any atom is -0.266 e. The minimum atomic E-state index is -4.76. The first kappa shape index (κ1) is 17.7. The number of halogens is 4. The van der Waals surface area contributed by atoms with Gasteiger partial charge in [0.05, 0.1) is 11.3 Å². The van der Waals surface area contributed by atoms with Crippen LogP contribution in [-0.2, 0) is 22.6 Å². The van der Waals surface area contributed by atoms with Crippen molar-refractivity contribution in [1.29, 1.82) is 0 Å². The summed E-state index contributed by atoms with van der Waals surface area (Å²) in [7, 11) is -4.44. The normalized spacial score (nSPS) is 15.2. The molecule has 0 saturated heterocycles. The number of hydrogen-bond acceptors (Lipinski definition) is 2. The van der Waals surface area contributed by atoms with E-state index in [-0.39, 0.29) is 6.54 Å². The Kier molecular flexibility index (Phi) is 4.26. The van der Waals surface area contributed by atoms with E-state index in [4.69, 9.17) is 0 Å². The van der Waals surface area contributed by atoms with Gasteiger partial charge in [0.15, 0.2) is 0 Å². The number of rotatable bonds is 2. The fourth-order valence-corrected chi connectivity index (χ4v) is 4.57. The van der Waals surface area contributed by atoms with Gasteiger partial charge in [0.1, 0.15) is 10.7 Å². The van der Waals surface area contributed by atoms with Gasteiger partial charge < -0.3 is 0 Å². The van der Waals surface area contributed by atoms with Crippen LogP contribution in [0, 0.1) is 12.7 Å². The lowest BCUT2D eigenvalue weighted by molar-refractivity contribution is -0.137. The summed E-state index contributed by atoms with van der Waals surface area (Å²) in [4.78, 5) is -0.962. The van der Waals surface area contributed by atoms with Crippen LogP contribution in [0.1, 0.15) is 23.1 Å². The highest BCUT2D eigenvalue weighted by atomic mass is 32.2. The van der Waals surface area contributed by atoms with Crippen LogP contribution in [0.4, 0.5) is 23.2 Å². The summed E-state index contributed by atoms with van der Waals surface area (Å²) in [6.07, 6.45) is -3.58. The van der Waals surface area contributed by atoms with Crippen LogP contribution in [0.25, 0.3) is 0 Å². The lowest BCUT2D eigenvalue weighted by atomic mass is 10.0. The molecule has 2 aromatic rings. The van der Waals surface area contributed by atoms with Crippen molar-refractivity contribution in [3.05, 3.63) is 58.9 Å². The van der Waals surface area contributed by atoms with Gasteiger partial charge in [-0.1, -0.05) is 17.7 Å². The van der Waals surface area contributed by atoms with Crippen LogP contribution in [0.15, 0.2) is 41.3 Å². The SMILES string of the molecule is Cc1ccc2c(c1)CCCN2S(=O)(=O)c1cc(C(F)(F)F)ccc1F. The molecule has 25 heavy (non-hydrogen) atoms. The minimum absolute atomic E-state index is 0.0913. The Morgan fingerprint density at radius 2 is 1.80 bits per heavy atom. The van der Waals surface area contributed by atoms with E-state index in [2.05, 4.69) is 0 Å². The number of nitrogens with zero attached hydrogens (tertiary/aromatic N) is 1. The maximum atomic E-state index is 14.1. The molecule has 3 nitrogen and oxygen atoms in total. The summed E-state index contributed by atoms with van der Waals surface area (Å²) >= 11 is 0. The molecule has 1 aliphatic heterocycles. The van der Waals surface area contributed by atoms with Crippen molar-refractivity contribution < 1.29 is 26.0 Å². The van der Waals surface area contributed by atoms with Crippen LogP contribution in [0.3, 0.4) is 0 Å². The van der Waals surface area contributed by atoms with E-state index >= 15 is 0 Å². The molecule has 0 fully saturated rings. The average Bonchev–Trinajstić information content (AvgIpc) is 2.53. The second-order valence-corrected chi connectivity index (χ2v) is 7.79. The molecule has 0 aliphatic carbocycles. The highest BCUT2D eigenvalue weighted by Crippen LogP contribution is 2.36. The Morgan fingerprint density at radius 3 is 2.48 bits per heavy atom. The van der Waals surface area contributed by atoms with Gasteiger partial charge in [-0.15, -0.1) is 0 Å². The Balaban J connectivity index is 2.13. The molecule has 0 spiro atoms. The molecule has 3 rings (SSSR count). The molecule has 8 heteroatoms. The zero-order valence-electron chi connectivity index (χ0n) is 13.3. The van der Waals surface area contributed by atoms with Crippen molar-refractivity contribution in [2.45, 2.75) is 30.8 Å². The molecule has 0 radical (unpaired) electrons. The Morgan fingerprint density at radius 1 is 1.08 bits per heavy atom. The van der Waals surface area contributed by atoms with Crippen molar-refractivity contribution in [2.24, 2.45) is 0 Å². The average molecular weight is 373 g/mol. The number of aryl methyl sites for hydroxylation is 2. The van der Waals surface area contributed by atoms with Gasteiger partial charge in [0, 0.05) is 6.54 Å². The fourth-order valence-electron chi connectivity index (χ4n) is 2.94. The van der Waals surface area contributed by atoms with E-state index in [1.165, 1.54) is 0 Å². The van der Waals surface area contributed by atoms with Crippen LogP contribution in [-0.4, -0.2) is 15.0 Å². The number of hydrogen-bond donors (Lipinski definition) is 0. The maximum Gasteiger partial charge on any atom is 0.416 e. The smallest absolute Gasteiger partial charge is 0.266 e. The highest BCUT2D eigenvalue weighted by molar-refractivity contribution is 7.92. The van der Waals surface area contributed by atoms with Gasteiger partial charge in [-0.25, -0.2) is 12.8 Å². The summed E-state index contributed by atoms with van der Waals surface area (Å²) in [6, 6.07) is 6.58. The van der Waals surface area contributed by atoms with Crippen LogP contribution >= 0.6 is 0 Å². The Hall–Kier alpha value is -2.09. The fraction of sp³-hybridized carbons (Fsp3) is 0.294. The van der Waals surface area contributed by atoms with Crippen LogP contribution in [0.2, 0.25) is 0 Å². The van der Waals surface area contributed by atoms with Crippen molar-refractivity contribution in [2.75, 3.05) is 10.8 Å². The first-order valence-electron chi connectivity index (χ1n) is 7.60. The molecule has 0 saturated carbocycles. The number of alkyl halides is 3. The topological polar surface area (TPSA) is 37.4 Å². The molecule has 1 aliphatic rings. The molecule has 0 unspecified atom stereocenters. The van der Waals surface area contributed by atoms with E-state index in [0.717, 1.165) is 15.4 Å². The molecular formula is C17H15F4NO2S. The molecule has 0 aromatic heterocycles. The lowest BCUT2D eigenvalue weighted by Crippen LogP contribution is -2.36. The molecule has 0 bridgehead atoms. The lowest BCUT2D eigenvalue weighted by Gasteiger charge is -2.31. The van der Waals surface area contributed by atoms with E-state index < -0.39 is 32.5 Å². The summed E-state index contributed by atoms with van der Waals surface area (Å²) in [5.41, 5.74) is 0.910. The first-order chi connectivity index (χ1) is 11.6. The Bertz CT molecular complexity index is 923. The van der Waals surface area contributed by atoms with Crippen molar-refractivity contribution in [3.63, 3.8) is 0 Å². The van der Waals surface area contributed by atoms with Gasteiger partial charge in [0.25, 0.3) is 10.0 Å². The predicted molar refractivity (Wildman–Crippen MR) is 85.4 cm³/mol. The first-order valence-corrected chi connectivity index (χ1v) is 9.04. The maximum absolute atomic E-state index is 14.1. The number of fused-ring (bicyclic) bond motifs is 1. The van der Waals surface area contributed by atoms with E-state index in [9.17, 15) is 26.0 Å². The second-order valence-electron chi connectivity index (χ2n) is 5.96. The van der Waals surface area contributed by atoms with Crippen LogP contribution < -0.4 is 4.31 Å². The van der Waals surface area contributed by atoms with Crippen molar-refractivity contribution in [1.82, 2.24) is 0 Å². The van der Waals surface area contributed by atoms with Gasteiger partial charge in [-0.2, -0.15) is 13.2 Å². The van der Waals surface area contributed by atoms with Crippen LogP contribution in [0.5, 0.6) is 0 Å². The second kappa shape index (κ2) is 6.01. The summed E-state index contributed by atoms with van der Waals surface area (Å²) in [5.74, 6) is -1.20. The van der Waals surface area contributed by atoms with Gasteiger partial charge in [0.2, 0.25) is 0 Å². The quantitative estimate of drug-likeness (QED) is 0.737. The highest BCUT2D eigenvalue weighted by Gasteiger charge is 2.36. The van der Waals surface area contributed by atoms with Gasteiger partial charge in [-0.3, -0.25) is 4.31 Å². The summed E-state index contributed by atoms with van der Waals surface area (Å²) in [5, 5.41) is 0. The molecule has 2 aromatic carbocycles. The van der Waals surface area contributed by atoms with Crippen molar-refractivity contribution >= 4 is 15.7 Å². The molecular weight excluding hydrogens is 358 g/mol. The molecule has 0 atom stereocenters. The number of sulfonamides is 1. The van der Waals surface area contributed by atoms with Gasteiger partial charge in [-0.05, 0) is 49.6 Å². The third-order valence-corrected chi connectivity index (χ3v) is 5.97. The zero-order chi connectivity index (χ0) is 18.4. The standard InChI is InChI=1S/C17H15F4NO2S/c1-11-4-7-15-12(9-11)3-2-8-22(15)25(23,24)16-10-13(17(19,20)21)5-6-14(16)18/h4-7,9-10H,2-3,8H2,1H3. The van der Waals surface area contributed by atoms with E-state index in [1.807, 2.05) is 13.0 Å².